The predicted molar refractivity (Wildman–Crippen MR) is 133 cm³/mol. The number of nitrogens with one attached hydrogen (secondary N) is 1. The Bertz CT molecular complexity index is 1190. The van der Waals surface area contributed by atoms with Crippen molar-refractivity contribution in [2.75, 3.05) is 19.0 Å². The molecule has 2 aromatic heterocycles. The summed E-state index contributed by atoms with van der Waals surface area (Å²) in [6, 6.07) is 21.2. The molecule has 0 bridgehead atoms. The third-order valence-corrected chi connectivity index (χ3v) is 6.91. The molecule has 4 rings (SSSR count). The number of pyridine rings is 1. The first-order chi connectivity index (χ1) is 15.4. The molecule has 166 valence electrons. The van der Waals surface area contributed by atoms with Crippen molar-refractivity contribution in [3.05, 3.63) is 66.9 Å². The minimum atomic E-state index is -1.14. The Morgan fingerprint density at radius 3 is 2.53 bits per heavy atom. The van der Waals surface area contributed by atoms with Gasteiger partial charge in [-0.05, 0) is 36.4 Å². The van der Waals surface area contributed by atoms with Gasteiger partial charge in [0.15, 0.2) is 5.65 Å². The molecule has 32 heavy (non-hydrogen) atoms. The Kier molecular flexibility index (Phi) is 6.57. The Balaban J connectivity index is 1.69. The van der Waals surface area contributed by atoms with Crippen molar-refractivity contribution in [3.63, 3.8) is 0 Å². The van der Waals surface area contributed by atoms with Crippen LogP contribution in [0.15, 0.2) is 66.9 Å². The van der Waals surface area contributed by atoms with Crippen LogP contribution in [0.4, 0.5) is 11.4 Å². The molecule has 1 N–H and O–H groups in total. The van der Waals surface area contributed by atoms with Gasteiger partial charge in [-0.2, -0.15) is 5.10 Å². The van der Waals surface area contributed by atoms with Crippen LogP contribution in [0.1, 0.15) is 0 Å². The van der Waals surface area contributed by atoms with Gasteiger partial charge in [-0.15, -0.1) is 0 Å². The monoisotopic (exact) mass is 446 g/mol. The van der Waals surface area contributed by atoms with E-state index in [1.807, 2.05) is 65.5 Å². The van der Waals surface area contributed by atoms with E-state index in [0.717, 1.165) is 52.1 Å². The maximum atomic E-state index is 5.98. The first-order valence-electron chi connectivity index (χ1n) is 10.8. The predicted octanol–water partition coefficient (Wildman–Crippen LogP) is 6.16. The van der Waals surface area contributed by atoms with E-state index in [-0.39, 0.29) is 0 Å². The van der Waals surface area contributed by atoms with Gasteiger partial charge in [0, 0.05) is 31.3 Å². The van der Waals surface area contributed by atoms with Crippen LogP contribution in [-0.2, 0) is 11.5 Å². The van der Waals surface area contributed by atoms with Gasteiger partial charge in [-0.3, -0.25) is 0 Å². The second-order valence-corrected chi connectivity index (χ2v) is 14.6. The zero-order chi connectivity index (χ0) is 22.6. The van der Waals surface area contributed by atoms with Crippen molar-refractivity contribution in [1.29, 1.82) is 0 Å². The molecule has 0 amide bonds. The van der Waals surface area contributed by atoms with Gasteiger partial charge in [0.2, 0.25) is 0 Å². The molecule has 0 spiro atoms. The lowest BCUT2D eigenvalue weighted by Gasteiger charge is -2.15. The van der Waals surface area contributed by atoms with E-state index in [4.69, 9.17) is 19.6 Å². The first-order valence-corrected chi connectivity index (χ1v) is 14.5. The van der Waals surface area contributed by atoms with Crippen molar-refractivity contribution >= 4 is 30.5 Å². The fourth-order valence-electron chi connectivity index (χ4n) is 3.42. The summed E-state index contributed by atoms with van der Waals surface area (Å²) >= 11 is 0. The molecule has 7 heteroatoms. The van der Waals surface area contributed by atoms with Crippen LogP contribution in [0.5, 0.6) is 5.75 Å². The van der Waals surface area contributed by atoms with Crippen LogP contribution in [0.3, 0.4) is 0 Å². The van der Waals surface area contributed by atoms with E-state index < -0.39 is 8.07 Å². The number of ether oxygens (including phenoxy) is 2. The highest BCUT2D eigenvalue weighted by Crippen LogP contribution is 2.31. The van der Waals surface area contributed by atoms with Gasteiger partial charge in [-0.1, -0.05) is 50.0 Å². The van der Waals surface area contributed by atoms with Gasteiger partial charge in [0.05, 0.1) is 19.0 Å². The third-order valence-electron chi connectivity index (χ3n) is 5.20. The van der Waals surface area contributed by atoms with Crippen molar-refractivity contribution in [2.24, 2.45) is 0 Å². The summed E-state index contributed by atoms with van der Waals surface area (Å²) < 4.78 is 13.3. The summed E-state index contributed by atoms with van der Waals surface area (Å²) in [4.78, 5) is 4.73. The zero-order valence-electron chi connectivity index (χ0n) is 19.1. The molecule has 0 unspecified atom stereocenters. The number of anilines is 2. The molecule has 0 radical (unpaired) electrons. The van der Waals surface area contributed by atoms with Crippen molar-refractivity contribution in [1.82, 2.24) is 14.8 Å². The van der Waals surface area contributed by atoms with Gasteiger partial charge in [0.1, 0.15) is 18.2 Å². The molecule has 0 saturated carbocycles. The lowest BCUT2D eigenvalue weighted by atomic mass is 10.1. The van der Waals surface area contributed by atoms with Crippen molar-refractivity contribution < 1.29 is 9.47 Å². The smallest absolute Gasteiger partial charge is 0.160 e. The highest BCUT2D eigenvalue weighted by molar-refractivity contribution is 6.76. The second kappa shape index (κ2) is 9.54. The van der Waals surface area contributed by atoms with Gasteiger partial charge in [0.25, 0.3) is 0 Å². The largest absolute Gasteiger partial charge is 0.497 e. The standard InChI is InChI=1S/C25H30N4O2Si/c1-30-22-12-8-9-19(15-22)24-23-16-21(27-20-10-6-5-7-11-20)17-26-25(23)29(28-24)18-31-13-14-32(2,3)4/h5-12,15-17,27H,13-14,18H2,1-4H3. The number of aromatic nitrogens is 3. The van der Waals surface area contributed by atoms with E-state index in [1.54, 1.807) is 7.11 Å². The van der Waals surface area contributed by atoms with Crippen LogP contribution in [0, 0.1) is 0 Å². The quantitative estimate of drug-likeness (QED) is 0.246. The number of fused-ring (bicyclic) bond motifs is 1. The molecular weight excluding hydrogens is 416 g/mol. The summed E-state index contributed by atoms with van der Waals surface area (Å²) in [5, 5.41) is 9.26. The van der Waals surface area contributed by atoms with E-state index >= 15 is 0 Å². The fourth-order valence-corrected chi connectivity index (χ4v) is 4.18. The Morgan fingerprint density at radius 2 is 1.78 bits per heavy atom. The van der Waals surface area contributed by atoms with E-state index in [0.29, 0.717) is 6.73 Å². The Morgan fingerprint density at radius 1 is 0.969 bits per heavy atom. The Hall–Kier alpha value is -3.16. The number of para-hydroxylation sites is 1. The number of hydrogen-bond acceptors (Lipinski definition) is 5. The van der Waals surface area contributed by atoms with E-state index in [9.17, 15) is 0 Å². The molecule has 0 saturated heterocycles. The molecule has 6 nitrogen and oxygen atoms in total. The van der Waals surface area contributed by atoms with Crippen LogP contribution >= 0.6 is 0 Å². The van der Waals surface area contributed by atoms with Crippen molar-refractivity contribution in [3.8, 4) is 17.0 Å². The van der Waals surface area contributed by atoms with Crippen LogP contribution in [-0.4, -0.2) is 36.6 Å². The normalized spacial score (nSPS) is 11.6. The molecule has 2 heterocycles. The van der Waals surface area contributed by atoms with Crippen LogP contribution < -0.4 is 10.1 Å². The summed E-state index contributed by atoms with van der Waals surface area (Å²) in [6.45, 7) is 8.17. The third kappa shape index (κ3) is 5.36. The number of hydrogen-bond donors (Lipinski definition) is 1. The number of nitrogens with zero attached hydrogens (tertiary/aromatic N) is 3. The average Bonchev–Trinajstić information content (AvgIpc) is 3.15. The van der Waals surface area contributed by atoms with Crippen molar-refractivity contribution in [2.45, 2.75) is 32.4 Å². The first kappa shape index (κ1) is 22.0. The minimum absolute atomic E-state index is 0.378. The Labute approximate surface area is 190 Å². The van der Waals surface area contributed by atoms with Gasteiger partial charge in [-0.25, -0.2) is 9.67 Å². The summed E-state index contributed by atoms with van der Waals surface area (Å²) in [6.07, 6.45) is 1.84. The van der Waals surface area contributed by atoms with Crippen LogP contribution in [0.2, 0.25) is 25.7 Å². The number of benzene rings is 2. The molecule has 0 aliphatic rings. The lowest BCUT2D eigenvalue weighted by Crippen LogP contribution is -2.22. The lowest BCUT2D eigenvalue weighted by molar-refractivity contribution is 0.0814. The number of rotatable bonds is 9. The summed E-state index contributed by atoms with van der Waals surface area (Å²) in [7, 11) is 0.528. The zero-order valence-corrected chi connectivity index (χ0v) is 20.1. The maximum Gasteiger partial charge on any atom is 0.160 e. The summed E-state index contributed by atoms with van der Waals surface area (Å²) in [5.41, 5.74) is 4.56. The average molecular weight is 447 g/mol. The summed E-state index contributed by atoms with van der Waals surface area (Å²) in [5.74, 6) is 0.795. The highest BCUT2D eigenvalue weighted by atomic mass is 28.3. The molecular formula is C25H30N4O2Si. The van der Waals surface area contributed by atoms with E-state index in [2.05, 4.69) is 31.0 Å². The minimum Gasteiger partial charge on any atom is -0.497 e. The molecule has 0 atom stereocenters. The molecule has 0 aliphatic heterocycles. The van der Waals surface area contributed by atoms with Gasteiger partial charge >= 0.3 is 0 Å². The van der Waals surface area contributed by atoms with E-state index in [1.165, 1.54) is 0 Å². The second-order valence-electron chi connectivity index (χ2n) is 9.01. The topological polar surface area (TPSA) is 61.2 Å². The molecule has 4 aromatic rings. The molecule has 0 aliphatic carbocycles. The van der Waals surface area contributed by atoms with Gasteiger partial charge < -0.3 is 14.8 Å². The molecule has 0 fully saturated rings. The highest BCUT2D eigenvalue weighted by Gasteiger charge is 2.16. The maximum absolute atomic E-state index is 5.98. The van der Waals surface area contributed by atoms with Crippen LogP contribution in [0.25, 0.3) is 22.3 Å². The fraction of sp³-hybridized carbons (Fsp3) is 0.280. The number of methoxy groups -OCH3 is 1. The molecule has 2 aromatic carbocycles. The SMILES string of the molecule is COc1cccc(-c2nn(COCC[Si](C)(C)C)c3ncc(Nc4ccccc4)cc23)c1.